The molecule has 1 rings (SSSR count). The van der Waals surface area contributed by atoms with E-state index in [0.29, 0.717) is 6.04 Å². The Bertz CT molecular complexity index is 293. The van der Waals surface area contributed by atoms with E-state index in [1.807, 2.05) is 12.1 Å². The normalized spacial score (nSPS) is 13.9. The van der Waals surface area contributed by atoms with E-state index in [1.165, 1.54) is 0 Å². The topological polar surface area (TPSA) is 34.4 Å². The van der Waals surface area contributed by atoms with E-state index in [9.17, 15) is 0 Å². The van der Waals surface area contributed by atoms with Gasteiger partial charge in [-0.25, -0.2) is 0 Å². The lowest BCUT2D eigenvalue weighted by atomic mass is 9.89. The smallest absolute Gasteiger partial charge is 0.120 e. The molecule has 3 nitrogen and oxygen atoms in total. The second-order valence-corrected chi connectivity index (χ2v) is 5.26. The first-order valence-corrected chi connectivity index (χ1v) is 6.35. The molecule has 1 aromatic rings. The summed E-state index contributed by atoms with van der Waals surface area (Å²) in [6.45, 7) is 8.46. The van der Waals surface area contributed by atoms with E-state index < -0.39 is 0 Å². The minimum atomic E-state index is 0.246. The van der Waals surface area contributed by atoms with Crippen LogP contribution in [0.2, 0.25) is 0 Å². The standard InChI is InChI=1S/C14H25NO2/c1-5-12(13-7-6-9-17-13)15-11-14(2,3)8-10-16-4/h6-7,9,12,15H,5,8,10-11H2,1-4H3. The molecule has 98 valence electrons. The third-order valence-electron chi connectivity index (χ3n) is 3.10. The van der Waals surface area contributed by atoms with Crippen molar-refractivity contribution in [1.82, 2.24) is 5.32 Å². The maximum atomic E-state index is 5.45. The van der Waals surface area contributed by atoms with Gasteiger partial charge in [0, 0.05) is 20.3 Å². The molecule has 3 heteroatoms. The molecule has 1 heterocycles. The van der Waals surface area contributed by atoms with Crippen LogP contribution in [0.3, 0.4) is 0 Å². The third kappa shape index (κ3) is 4.92. The largest absolute Gasteiger partial charge is 0.468 e. The molecule has 0 bridgehead atoms. The Balaban J connectivity index is 2.42. The number of furan rings is 1. The summed E-state index contributed by atoms with van der Waals surface area (Å²) in [6, 6.07) is 4.28. The Kier molecular flexibility index (Phi) is 5.72. The maximum Gasteiger partial charge on any atom is 0.120 e. The number of methoxy groups -OCH3 is 1. The van der Waals surface area contributed by atoms with E-state index >= 15 is 0 Å². The number of ether oxygens (including phenoxy) is 1. The van der Waals surface area contributed by atoms with Gasteiger partial charge in [-0.1, -0.05) is 20.8 Å². The number of rotatable bonds is 8. The van der Waals surface area contributed by atoms with Gasteiger partial charge in [0.1, 0.15) is 5.76 Å². The Labute approximate surface area is 105 Å². The van der Waals surface area contributed by atoms with Crippen molar-refractivity contribution in [3.63, 3.8) is 0 Å². The van der Waals surface area contributed by atoms with Gasteiger partial charge in [0.05, 0.1) is 12.3 Å². The molecule has 0 saturated heterocycles. The summed E-state index contributed by atoms with van der Waals surface area (Å²) in [5, 5.41) is 3.57. The van der Waals surface area contributed by atoms with Gasteiger partial charge in [0.15, 0.2) is 0 Å². The van der Waals surface area contributed by atoms with Crippen LogP contribution in [0, 0.1) is 5.41 Å². The zero-order chi connectivity index (χ0) is 12.7. The maximum absolute atomic E-state index is 5.45. The van der Waals surface area contributed by atoms with Crippen molar-refractivity contribution in [2.24, 2.45) is 5.41 Å². The summed E-state index contributed by atoms with van der Waals surface area (Å²) >= 11 is 0. The van der Waals surface area contributed by atoms with Gasteiger partial charge < -0.3 is 14.5 Å². The lowest BCUT2D eigenvalue weighted by molar-refractivity contribution is 0.148. The van der Waals surface area contributed by atoms with Crippen molar-refractivity contribution in [1.29, 1.82) is 0 Å². The molecular weight excluding hydrogens is 214 g/mol. The van der Waals surface area contributed by atoms with Crippen LogP contribution in [0.5, 0.6) is 0 Å². The second kappa shape index (κ2) is 6.82. The summed E-state index contributed by atoms with van der Waals surface area (Å²) < 4.78 is 10.6. The fourth-order valence-electron chi connectivity index (χ4n) is 1.80. The average Bonchev–Trinajstić information content (AvgIpc) is 2.81. The van der Waals surface area contributed by atoms with E-state index in [0.717, 1.165) is 31.8 Å². The third-order valence-corrected chi connectivity index (χ3v) is 3.10. The Morgan fingerprint density at radius 1 is 1.47 bits per heavy atom. The Morgan fingerprint density at radius 2 is 2.24 bits per heavy atom. The molecule has 0 saturated carbocycles. The zero-order valence-electron chi connectivity index (χ0n) is 11.5. The fourth-order valence-corrected chi connectivity index (χ4v) is 1.80. The highest BCUT2D eigenvalue weighted by atomic mass is 16.5. The van der Waals surface area contributed by atoms with Gasteiger partial charge in [-0.15, -0.1) is 0 Å². The van der Waals surface area contributed by atoms with Crippen molar-refractivity contribution < 1.29 is 9.15 Å². The van der Waals surface area contributed by atoms with Crippen LogP contribution in [-0.2, 0) is 4.74 Å². The van der Waals surface area contributed by atoms with Gasteiger partial charge in [-0.05, 0) is 30.4 Å². The molecule has 1 aromatic heterocycles. The quantitative estimate of drug-likeness (QED) is 0.755. The molecule has 1 N–H and O–H groups in total. The molecule has 0 aliphatic carbocycles. The number of nitrogens with one attached hydrogen (secondary N) is 1. The van der Waals surface area contributed by atoms with E-state index in [1.54, 1.807) is 13.4 Å². The van der Waals surface area contributed by atoms with Crippen LogP contribution in [0.1, 0.15) is 45.4 Å². The molecule has 0 aliphatic rings. The van der Waals surface area contributed by atoms with Crippen LogP contribution in [-0.4, -0.2) is 20.3 Å². The highest BCUT2D eigenvalue weighted by Gasteiger charge is 2.20. The predicted molar refractivity (Wildman–Crippen MR) is 70.0 cm³/mol. The molecule has 0 aromatic carbocycles. The summed E-state index contributed by atoms with van der Waals surface area (Å²) in [5.41, 5.74) is 0.246. The molecule has 0 amide bonds. The number of hydrogen-bond donors (Lipinski definition) is 1. The van der Waals surface area contributed by atoms with Crippen LogP contribution in [0.4, 0.5) is 0 Å². The van der Waals surface area contributed by atoms with Gasteiger partial charge in [-0.3, -0.25) is 0 Å². The van der Waals surface area contributed by atoms with Crippen molar-refractivity contribution in [3.05, 3.63) is 24.2 Å². The first-order valence-electron chi connectivity index (χ1n) is 6.35. The van der Waals surface area contributed by atoms with E-state index in [-0.39, 0.29) is 5.41 Å². The first-order chi connectivity index (χ1) is 8.09. The highest BCUT2D eigenvalue weighted by Crippen LogP contribution is 2.22. The predicted octanol–water partition coefficient (Wildman–Crippen LogP) is 3.38. The molecule has 0 radical (unpaired) electrons. The SMILES string of the molecule is CCC(NCC(C)(C)CCOC)c1ccco1. The minimum absolute atomic E-state index is 0.246. The molecule has 0 spiro atoms. The molecule has 0 fully saturated rings. The van der Waals surface area contributed by atoms with Crippen LogP contribution in [0.15, 0.2) is 22.8 Å². The number of hydrogen-bond acceptors (Lipinski definition) is 3. The van der Waals surface area contributed by atoms with Gasteiger partial charge >= 0.3 is 0 Å². The molecule has 0 aliphatic heterocycles. The van der Waals surface area contributed by atoms with Crippen molar-refractivity contribution in [2.75, 3.05) is 20.3 Å². The second-order valence-electron chi connectivity index (χ2n) is 5.26. The summed E-state index contributed by atoms with van der Waals surface area (Å²) in [7, 11) is 1.75. The molecule has 1 atom stereocenters. The lowest BCUT2D eigenvalue weighted by Gasteiger charge is -2.27. The molecule has 17 heavy (non-hydrogen) atoms. The van der Waals surface area contributed by atoms with Gasteiger partial charge in [0.25, 0.3) is 0 Å². The molecule has 1 unspecified atom stereocenters. The van der Waals surface area contributed by atoms with E-state index in [2.05, 4.69) is 26.1 Å². The first kappa shape index (κ1) is 14.3. The Hall–Kier alpha value is -0.800. The monoisotopic (exact) mass is 239 g/mol. The van der Waals surface area contributed by atoms with Crippen molar-refractivity contribution in [2.45, 2.75) is 39.7 Å². The molecular formula is C14H25NO2. The fraction of sp³-hybridized carbons (Fsp3) is 0.714. The van der Waals surface area contributed by atoms with Crippen molar-refractivity contribution in [3.8, 4) is 0 Å². The highest BCUT2D eigenvalue weighted by molar-refractivity contribution is 5.04. The summed E-state index contributed by atoms with van der Waals surface area (Å²) in [5.74, 6) is 1.02. The van der Waals surface area contributed by atoms with Gasteiger partial charge in [0.2, 0.25) is 0 Å². The van der Waals surface area contributed by atoms with Crippen LogP contribution >= 0.6 is 0 Å². The average molecular weight is 239 g/mol. The lowest BCUT2D eigenvalue weighted by Crippen LogP contribution is -2.32. The van der Waals surface area contributed by atoms with Crippen LogP contribution in [0.25, 0.3) is 0 Å². The van der Waals surface area contributed by atoms with Gasteiger partial charge in [-0.2, -0.15) is 0 Å². The minimum Gasteiger partial charge on any atom is -0.468 e. The zero-order valence-corrected chi connectivity index (χ0v) is 11.5. The summed E-state index contributed by atoms with van der Waals surface area (Å²) in [6.07, 6.45) is 3.83. The van der Waals surface area contributed by atoms with Crippen LogP contribution < -0.4 is 5.32 Å². The Morgan fingerprint density at radius 3 is 2.76 bits per heavy atom. The van der Waals surface area contributed by atoms with Crippen molar-refractivity contribution >= 4 is 0 Å². The van der Waals surface area contributed by atoms with E-state index in [4.69, 9.17) is 9.15 Å². The summed E-state index contributed by atoms with van der Waals surface area (Å²) in [4.78, 5) is 0.